The second kappa shape index (κ2) is 9.99. The Kier molecular flexibility index (Phi) is 7.37. The van der Waals surface area contributed by atoms with Gasteiger partial charge in [0, 0.05) is 5.56 Å². The van der Waals surface area contributed by atoms with Gasteiger partial charge in [-0.1, -0.05) is 56.3 Å². The average molecular weight is 421 g/mol. The fourth-order valence-electron chi connectivity index (χ4n) is 3.81. The Hall–Kier alpha value is -2.82. The molecule has 0 aliphatic carbocycles. The number of aliphatic hydroxyl groups excluding tert-OH is 1. The monoisotopic (exact) mass is 420 g/mol. The molecule has 0 aromatic heterocycles. The number of aryl methyl sites for hydroxylation is 1. The van der Waals surface area contributed by atoms with Crippen LogP contribution in [0.3, 0.4) is 0 Å². The van der Waals surface area contributed by atoms with Crippen LogP contribution in [0.5, 0.6) is 11.5 Å². The highest BCUT2D eigenvalue weighted by atomic mass is 16.5. The largest absolute Gasteiger partial charge is 0.496 e. The third kappa shape index (κ3) is 5.09. The van der Waals surface area contributed by atoms with Gasteiger partial charge in [0.05, 0.1) is 19.3 Å². The van der Waals surface area contributed by atoms with Crippen molar-refractivity contribution < 1.29 is 19.7 Å². The fraction of sp³-hybridized carbons (Fsp3) is 0.333. The van der Waals surface area contributed by atoms with E-state index in [1.54, 1.807) is 7.11 Å². The summed E-state index contributed by atoms with van der Waals surface area (Å²) < 4.78 is 11.6. The van der Waals surface area contributed by atoms with E-state index < -0.39 is 5.60 Å². The van der Waals surface area contributed by atoms with Gasteiger partial charge in [-0.3, -0.25) is 0 Å². The maximum absolute atomic E-state index is 10.9. The fourth-order valence-corrected chi connectivity index (χ4v) is 3.81. The summed E-state index contributed by atoms with van der Waals surface area (Å²) in [6.45, 7) is 6.55. The number of hydrogen-bond acceptors (Lipinski definition) is 4. The van der Waals surface area contributed by atoms with Crippen molar-refractivity contribution >= 4 is 0 Å². The Morgan fingerprint density at radius 3 is 2.10 bits per heavy atom. The Bertz CT molecular complexity index is 1000. The zero-order valence-electron chi connectivity index (χ0n) is 18.8. The van der Waals surface area contributed by atoms with E-state index in [1.165, 1.54) is 0 Å². The summed E-state index contributed by atoms with van der Waals surface area (Å²) in [5.74, 6) is 1.53. The summed E-state index contributed by atoms with van der Waals surface area (Å²) in [5, 5.41) is 20.1. The summed E-state index contributed by atoms with van der Waals surface area (Å²) in [6.07, 6.45) is 1.35. The van der Waals surface area contributed by atoms with Gasteiger partial charge in [0.25, 0.3) is 0 Å². The third-order valence-corrected chi connectivity index (χ3v) is 6.01. The molecule has 0 aliphatic rings. The van der Waals surface area contributed by atoms with Crippen molar-refractivity contribution in [3.05, 3.63) is 82.9 Å². The van der Waals surface area contributed by atoms with Crippen LogP contribution in [0.1, 0.15) is 48.9 Å². The minimum absolute atomic E-state index is 0.0367. The maximum atomic E-state index is 10.9. The van der Waals surface area contributed by atoms with Gasteiger partial charge in [-0.15, -0.1) is 0 Å². The molecule has 0 fully saturated rings. The minimum Gasteiger partial charge on any atom is -0.496 e. The van der Waals surface area contributed by atoms with Gasteiger partial charge >= 0.3 is 0 Å². The molecule has 4 nitrogen and oxygen atoms in total. The molecule has 0 amide bonds. The first-order chi connectivity index (χ1) is 14.9. The highest BCUT2D eigenvalue weighted by Crippen LogP contribution is 2.38. The molecule has 0 heterocycles. The summed E-state index contributed by atoms with van der Waals surface area (Å²) in [5.41, 5.74) is 5.14. The highest BCUT2D eigenvalue weighted by molar-refractivity contribution is 5.75. The summed E-state index contributed by atoms with van der Waals surface area (Å²) in [6, 6.07) is 19.7. The highest BCUT2D eigenvalue weighted by Gasteiger charge is 2.25. The normalized spacial score (nSPS) is 11.4. The molecule has 3 rings (SSSR count). The van der Waals surface area contributed by atoms with Gasteiger partial charge in [0.2, 0.25) is 0 Å². The van der Waals surface area contributed by atoms with Crippen molar-refractivity contribution in [1.82, 2.24) is 0 Å². The molecular formula is C27H32O4. The predicted octanol–water partition coefficient (Wildman–Crippen LogP) is 5.75. The van der Waals surface area contributed by atoms with Crippen LogP contribution in [0.4, 0.5) is 0 Å². The summed E-state index contributed by atoms with van der Waals surface area (Å²) in [4.78, 5) is 0. The first-order valence-corrected chi connectivity index (χ1v) is 10.8. The van der Waals surface area contributed by atoms with E-state index in [4.69, 9.17) is 9.47 Å². The average Bonchev–Trinajstić information content (AvgIpc) is 2.82. The van der Waals surface area contributed by atoms with E-state index >= 15 is 0 Å². The van der Waals surface area contributed by atoms with E-state index in [0.29, 0.717) is 19.4 Å². The van der Waals surface area contributed by atoms with Crippen molar-refractivity contribution in [3.63, 3.8) is 0 Å². The van der Waals surface area contributed by atoms with Gasteiger partial charge in [0.15, 0.2) is 0 Å². The van der Waals surface area contributed by atoms with Crippen LogP contribution in [-0.2, 0) is 18.8 Å². The lowest BCUT2D eigenvalue weighted by molar-refractivity contribution is 0.0283. The van der Waals surface area contributed by atoms with Gasteiger partial charge in [-0.25, -0.2) is 0 Å². The van der Waals surface area contributed by atoms with Crippen LogP contribution in [0.2, 0.25) is 0 Å². The van der Waals surface area contributed by atoms with E-state index in [-0.39, 0.29) is 6.61 Å². The second-order valence-corrected chi connectivity index (χ2v) is 7.89. The van der Waals surface area contributed by atoms with Gasteiger partial charge in [-0.05, 0) is 65.8 Å². The molecule has 0 atom stereocenters. The molecular weight excluding hydrogens is 388 g/mol. The van der Waals surface area contributed by atoms with Crippen molar-refractivity contribution in [2.75, 3.05) is 7.11 Å². The molecule has 0 aliphatic heterocycles. The van der Waals surface area contributed by atoms with Crippen LogP contribution < -0.4 is 9.47 Å². The topological polar surface area (TPSA) is 58.9 Å². The minimum atomic E-state index is -0.802. The van der Waals surface area contributed by atoms with Crippen LogP contribution in [0.15, 0.2) is 60.7 Å². The first kappa shape index (κ1) is 22.9. The SMILES string of the molecule is CCC(O)(CC)c1ccc(-c2cc(OCc3ccc(CO)cc3)ccc2OC)c(C)c1. The second-order valence-electron chi connectivity index (χ2n) is 7.89. The lowest BCUT2D eigenvalue weighted by Crippen LogP contribution is -2.23. The summed E-state index contributed by atoms with van der Waals surface area (Å²) >= 11 is 0. The standard InChI is InChI=1S/C27H32O4/c1-5-27(29,6-2)22-11-13-24(19(3)15-22)25-16-23(12-14-26(25)30-4)31-18-21-9-7-20(17-28)8-10-21/h7-16,28-29H,5-6,17-18H2,1-4H3. The molecule has 31 heavy (non-hydrogen) atoms. The molecule has 4 heteroatoms. The van der Waals surface area contributed by atoms with Crippen LogP contribution in [0, 0.1) is 6.92 Å². The van der Waals surface area contributed by atoms with Crippen LogP contribution in [-0.4, -0.2) is 17.3 Å². The Morgan fingerprint density at radius 1 is 0.839 bits per heavy atom. The molecule has 3 aromatic rings. The van der Waals surface area contributed by atoms with Crippen molar-refractivity contribution in [2.24, 2.45) is 0 Å². The van der Waals surface area contributed by atoms with Gasteiger partial charge in [-0.2, -0.15) is 0 Å². The molecule has 2 N–H and O–H groups in total. The maximum Gasteiger partial charge on any atom is 0.126 e. The predicted molar refractivity (Wildman–Crippen MR) is 124 cm³/mol. The van der Waals surface area contributed by atoms with E-state index in [2.05, 4.69) is 19.1 Å². The Labute approximate surface area is 185 Å². The van der Waals surface area contributed by atoms with Gasteiger partial charge < -0.3 is 19.7 Å². The number of rotatable bonds is 9. The molecule has 0 bridgehead atoms. The van der Waals surface area contributed by atoms with Gasteiger partial charge in [0.1, 0.15) is 18.1 Å². The molecule has 0 spiro atoms. The van der Waals surface area contributed by atoms with E-state index in [1.807, 2.05) is 62.4 Å². The van der Waals surface area contributed by atoms with Crippen LogP contribution in [0.25, 0.3) is 11.1 Å². The molecule has 3 aromatic carbocycles. The zero-order valence-corrected chi connectivity index (χ0v) is 18.8. The number of ether oxygens (including phenoxy) is 2. The molecule has 164 valence electrons. The van der Waals surface area contributed by atoms with Crippen molar-refractivity contribution in [3.8, 4) is 22.6 Å². The number of methoxy groups -OCH3 is 1. The van der Waals surface area contributed by atoms with E-state index in [9.17, 15) is 10.2 Å². The van der Waals surface area contributed by atoms with Crippen molar-refractivity contribution in [1.29, 1.82) is 0 Å². The Morgan fingerprint density at radius 2 is 1.52 bits per heavy atom. The third-order valence-electron chi connectivity index (χ3n) is 6.01. The molecule has 0 saturated heterocycles. The van der Waals surface area contributed by atoms with E-state index in [0.717, 1.165) is 44.9 Å². The number of hydrogen-bond donors (Lipinski definition) is 2. The quantitative estimate of drug-likeness (QED) is 0.463. The molecule has 0 saturated carbocycles. The molecule has 0 radical (unpaired) electrons. The smallest absolute Gasteiger partial charge is 0.126 e. The molecule has 0 unspecified atom stereocenters. The van der Waals surface area contributed by atoms with Crippen LogP contribution >= 0.6 is 0 Å². The Balaban J connectivity index is 1.88. The lowest BCUT2D eigenvalue weighted by atomic mass is 9.86. The van der Waals surface area contributed by atoms with Crippen molar-refractivity contribution in [2.45, 2.75) is 52.4 Å². The lowest BCUT2D eigenvalue weighted by Gasteiger charge is -2.27. The summed E-state index contributed by atoms with van der Waals surface area (Å²) in [7, 11) is 1.67. The number of aliphatic hydroxyl groups is 2. The number of benzene rings is 3. The first-order valence-electron chi connectivity index (χ1n) is 10.8. The zero-order chi connectivity index (χ0) is 22.4.